The second-order valence-electron chi connectivity index (χ2n) is 9.18. The normalized spacial score (nSPS) is 22.2. The number of hydrogen-bond acceptors (Lipinski definition) is 9. The van der Waals surface area contributed by atoms with Gasteiger partial charge in [-0.15, -0.1) is 0 Å². The molecule has 2 unspecified atom stereocenters. The summed E-state index contributed by atoms with van der Waals surface area (Å²) in [7, 11) is 0. The molecule has 2 fully saturated rings. The summed E-state index contributed by atoms with van der Waals surface area (Å²) < 4.78 is 20.7. The zero-order valence-corrected chi connectivity index (χ0v) is 19.7. The Morgan fingerprint density at radius 2 is 1.47 bits per heavy atom. The van der Waals surface area contributed by atoms with Crippen molar-refractivity contribution in [2.24, 2.45) is 10.9 Å². The molecule has 12 heteroatoms. The van der Waals surface area contributed by atoms with E-state index in [1.807, 2.05) is 6.07 Å². The van der Waals surface area contributed by atoms with Crippen LogP contribution in [0.1, 0.15) is 41.5 Å². The third-order valence-corrected chi connectivity index (χ3v) is 4.12. The van der Waals surface area contributed by atoms with E-state index in [1.165, 1.54) is 9.80 Å². The number of hydrogen-bond donors (Lipinski definition) is 2. The zero-order valence-electron chi connectivity index (χ0n) is 19.7. The Bertz CT molecular complexity index is 709. The summed E-state index contributed by atoms with van der Waals surface area (Å²) in [6.07, 6.45) is -0.935. The minimum Gasteiger partial charge on any atom is -0.444 e. The number of nitriles is 1. The van der Waals surface area contributed by atoms with E-state index in [9.17, 15) is 9.59 Å². The first-order chi connectivity index (χ1) is 14.8. The maximum absolute atomic E-state index is 11.9. The summed E-state index contributed by atoms with van der Waals surface area (Å²) in [5.74, 6) is -0.0597. The fourth-order valence-electron chi connectivity index (χ4n) is 2.70. The average Bonchev–Trinajstić information content (AvgIpc) is 2.71. The summed E-state index contributed by atoms with van der Waals surface area (Å²) in [5.41, 5.74) is 4.40. The smallest absolute Gasteiger partial charge is 0.411 e. The number of carbonyl (C=O) groups excluding carboxylic acids is 2. The summed E-state index contributed by atoms with van der Waals surface area (Å²) in [5, 5.41) is 20.4. The molecule has 0 spiro atoms. The molecule has 0 bridgehead atoms. The van der Waals surface area contributed by atoms with Crippen LogP contribution in [0.3, 0.4) is 0 Å². The average molecular weight is 458 g/mol. The third kappa shape index (κ3) is 9.15. The largest absolute Gasteiger partial charge is 0.444 e. The van der Waals surface area contributed by atoms with Crippen LogP contribution < -0.4 is 5.73 Å². The van der Waals surface area contributed by atoms with Gasteiger partial charge in [0.05, 0.1) is 32.5 Å². The van der Waals surface area contributed by atoms with E-state index in [-0.39, 0.29) is 19.0 Å². The topological polar surface area (TPSA) is 160 Å². The van der Waals surface area contributed by atoms with Crippen LogP contribution in [0.15, 0.2) is 5.16 Å². The van der Waals surface area contributed by atoms with Gasteiger partial charge in [-0.05, 0) is 41.5 Å². The van der Waals surface area contributed by atoms with Gasteiger partial charge in [0.15, 0.2) is 5.84 Å². The van der Waals surface area contributed by atoms with E-state index < -0.39 is 35.5 Å². The SMILES string of the molecule is CC(C)(C)OC(=O)N1CCOCC1C#N.CC(C)(C)OC(=O)N1CCOCC1C(N)=NO. The van der Waals surface area contributed by atoms with Crippen LogP contribution in [0.4, 0.5) is 9.59 Å². The van der Waals surface area contributed by atoms with Crippen molar-refractivity contribution < 1.29 is 33.7 Å². The molecule has 2 rings (SSSR count). The van der Waals surface area contributed by atoms with Crippen LogP contribution in [0.5, 0.6) is 0 Å². The van der Waals surface area contributed by atoms with Crippen LogP contribution in [0.25, 0.3) is 0 Å². The van der Waals surface area contributed by atoms with Crippen molar-refractivity contribution in [1.29, 1.82) is 5.26 Å². The zero-order chi connectivity index (χ0) is 24.5. The van der Waals surface area contributed by atoms with Crippen molar-refractivity contribution in [1.82, 2.24) is 9.80 Å². The highest BCUT2D eigenvalue weighted by Gasteiger charge is 2.33. The van der Waals surface area contributed by atoms with Gasteiger partial charge >= 0.3 is 12.2 Å². The molecule has 2 atom stereocenters. The molecule has 0 aromatic heterocycles. The predicted octanol–water partition coefficient (Wildman–Crippen LogP) is 1.51. The van der Waals surface area contributed by atoms with E-state index in [1.54, 1.807) is 41.5 Å². The monoisotopic (exact) mass is 457 g/mol. The molecule has 182 valence electrons. The Kier molecular flexibility index (Phi) is 9.99. The quantitative estimate of drug-likeness (QED) is 0.257. The molecule has 2 saturated heterocycles. The number of oxime groups is 1. The van der Waals surface area contributed by atoms with Crippen LogP contribution >= 0.6 is 0 Å². The first-order valence-corrected chi connectivity index (χ1v) is 10.3. The number of carbonyl (C=O) groups is 2. The molecular weight excluding hydrogens is 422 g/mol. The molecule has 2 aliphatic heterocycles. The van der Waals surface area contributed by atoms with Gasteiger partial charge in [0, 0.05) is 13.1 Å². The number of amides is 2. The molecule has 2 heterocycles. The summed E-state index contributed by atoms with van der Waals surface area (Å²) in [6.45, 7) is 12.8. The lowest BCUT2D eigenvalue weighted by Gasteiger charge is -2.35. The fourth-order valence-corrected chi connectivity index (χ4v) is 2.70. The molecule has 32 heavy (non-hydrogen) atoms. The molecule has 0 aliphatic carbocycles. The van der Waals surface area contributed by atoms with E-state index in [0.717, 1.165) is 0 Å². The third-order valence-electron chi connectivity index (χ3n) is 4.12. The first-order valence-electron chi connectivity index (χ1n) is 10.3. The second-order valence-corrected chi connectivity index (χ2v) is 9.18. The molecule has 12 nitrogen and oxygen atoms in total. The van der Waals surface area contributed by atoms with E-state index in [0.29, 0.717) is 26.3 Å². The Morgan fingerprint density at radius 1 is 1.00 bits per heavy atom. The highest BCUT2D eigenvalue weighted by atomic mass is 16.6. The van der Waals surface area contributed by atoms with E-state index in [2.05, 4.69) is 5.16 Å². The fraction of sp³-hybridized carbons (Fsp3) is 0.800. The molecule has 2 amide bonds. The number of amidine groups is 1. The van der Waals surface area contributed by atoms with Crippen molar-refractivity contribution >= 4 is 18.0 Å². The van der Waals surface area contributed by atoms with Crippen molar-refractivity contribution in [3.05, 3.63) is 0 Å². The number of rotatable bonds is 1. The van der Waals surface area contributed by atoms with Crippen molar-refractivity contribution in [3.63, 3.8) is 0 Å². The number of nitrogens with zero attached hydrogens (tertiary/aromatic N) is 4. The van der Waals surface area contributed by atoms with Gasteiger partial charge in [0.2, 0.25) is 0 Å². The molecule has 0 aromatic rings. The summed E-state index contributed by atoms with van der Waals surface area (Å²) in [6, 6.07) is 0.907. The van der Waals surface area contributed by atoms with Crippen molar-refractivity contribution in [3.8, 4) is 6.07 Å². The maximum Gasteiger partial charge on any atom is 0.411 e. The highest BCUT2D eigenvalue weighted by Crippen LogP contribution is 2.15. The van der Waals surface area contributed by atoms with Gasteiger partial charge in [0.1, 0.15) is 23.3 Å². The van der Waals surface area contributed by atoms with Crippen LogP contribution in [-0.4, -0.2) is 95.8 Å². The van der Waals surface area contributed by atoms with Gasteiger partial charge in [-0.1, -0.05) is 5.16 Å². The Labute approximate surface area is 188 Å². The number of morpholine rings is 2. The van der Waals surface area contributed by atoms with E-state index in [4.69, 9.17) is 35.2 Å². The molecule has 2 aliphatic rings. The van der Waals surface area contributed by atoms with Gasteiger partial charge in [-0.25, -0.2) is 9.59 Å². The first kappa shape index (κ1) is 27.3. The van der Waals surface area contributed by atoms with Gasteiger partial charge in [-0.2, -0.15) is 5.26 Å². The molecule has 3 N–H and O–H groups in total. The predicted molar refractivity (Wildman–Crippen MR) is 114 cm³/mol. The lowest BCUT2D eigenvalue weighted by atomic mass is 10.2. The molecule has 0 aromatic carbocycles. The Hall–Kier alpha value is -2.78. The summed E-state index contributed by atoms with van der Waals surface area (Å²) in [4.78, 5) is 26.4. The maximum atomic E-state index is 11.9. The molecule has 0 radical (unpaired) electrons. The van der Waals surface area contributed by atoms with Gasteiger partial charge in [0.25, 0.3) is 0 Å². The Morgan fingerprint density at radius 3 is 1.94 bits per heavy atom. The molecular formula is C20H35N5O7. The Balaban J connectivity index is 0.000000323. The minimum atomic E-state index is -0.580. The lowest BCUT2D eigenvalue weighted by Crippen LogP contribution is -2.55. The van der Waals surface area contributed by atoms with Crippen LogP contribution in [-0.2, 0) is 18.9 Å². The number of nitrogens with two attached hydrogens (primary N) is 1. The van der Waals surface area contributed by atoms with Gasteiger partial charge < -0.3 is 29.9 Å². The van der Waals surface area contributed by atoms with E-state index >= 15 is 0 Å². The van der Waals surface area contributed by atoms with Gasteiger partial charge in [-0.3, -0.25) is 9.80 Å². The van der Waals surface area contributed by atoms with Crippen LogP contribution in [0.2, 0.25) is 0 Å². The minimum absolute atomic E-state index is 0.0597. The number of ether oxygens (including phenoxy) is 4. The summed E-state index contributed by atoms with van der Waals surface area (Å²) >= 11 is 0. The van der Waals surface area contributed by atoms with Crippen molar-refractivity contribution in [2.75, 3.05) is 39.5 Å². The molecule has 0 saturated carbocycles. The highest BCUT2D eigenvalue weighted by molar-refractivity contribution is 5.88. The van der Waals surface area contributed by atoms with Crippen LogP contribution in [0, 0.1) is 11.3 Å². The second kappa shape index (κ2) is 11.7. The lowest BCUT2D eigenvalue weighted by molar-refractivity contribution is -0.0203. The standard InChI is InChI=1S/C10H19N3O4.C10H16N2O3/c1-10(2,3)17-9(14)13-4-5-16-6-7(13)8(11)12-15;1-10(2,3)15-9(13)12-4-5-14-7-8(12)6-11/h7,15H,4-6H2,1-3H3,(H2,11,12);8H,4-5,7H2,1-3H3. The van der Waals surface area contributed by atoms with Crippen molar-refractivity contribution in [2.45, 2.75) is 64.8 Å².